The van der Waals surface area contributed by atoms with Crippen LogP contribution in [0.4, 0.5) is 10.1 Å². The first kappa shape index (κ1) is 12.9. The Labute approximate surface area is 109 Å². The molecule has 2 aromatic rings. The van der Waals surface area contributed by atoms with Crippen LogP contribution in [-0.2, 0) is 0 Å². The molecule has 0 radical (unpaired) electrons. The van der Waals surface area contributed by atoms with Gasteiger partial charge in [0.1, 0.15) is 5.82 Å². The molecule has 0 saturated carbocycles. The van der Waals surface area contributed by atoms with Crippen LogP contribution in [0, 0.1) is 12.7 Å². The number of aromatic nitrogens is 2. The summed E-state index contributed by atoms with van der Waals surface area (Å²) in [5.74, 6) is -0.519. The predicted molar refractivity (Wildman–Crippen MR) is 67.7 cm³/mol. The number of methoxy groups -OCH3 is 1. The van der Waals surface area contributed by atoms with Crippen molar-refractivity contribution >= 4 is 11.6 Å². The second-order valence-electron chi connectivity index (χ2n) is 3.88. The van der Waals surface area contributed by atoms with Gasteiger partial charge in [-0.2, -0.15) is 0 Å². The first-order valence-corrected chi connectivity index (χ1v) is 5.55. The zero-order chi connectivity index (χ0) is 13.8. The minimum Gasteiger partial charge on any atom is -0.480 e. The maximum absolute atomic E-state index is 13.3. The fourth-order valence-corrected chi connectivity index (χ4v) is 1.42. The molecule has 2 rings (SSSR count). The molecule has 0 aliphatic rings. The molecule has 0 aliphatic carbocycles. The predicted octanol–water partition coefficient (Wildman–Crippen LogP) is 2.19. The average molecular weight is 261 g/mol. The molecular formula is C13H12FN3O2. The van der Waals surface area contributed by atoms with E-state index in [9.17, 15) is 9.18 Å². The fourth-order valence-electron chi connectivity index (χ4n) is 1.42. The van der Waals surface area contributed by atoms with Crippen molar-refractivity contribution in [3.05, 3.63) is 47.4 Å². The van der Waals surface area contributed by atoms with Gasteiger partial charge in [-0.25, -0.2) is 4.39 Å². The second-order valence-corrected chi connectivity index (χ2v) is 3.88. The number of rotatable bonds is 3. The van der Waals surface area contributed by atoms with Crippen LogP contribution in [0.25, 0.3) is 0 Å². The average Bonchev–Trinajstić information content (AvgIpc) is 2.43. The number of aryl methyl sites for hydroxylation is 1. The minimum atomic E-state index is -0.460. The molecular weight excluding hydrogens is 249 g/mol. The lowest BCUT2D eigenvalue weighted by Gasteiger charge is -2.05. The summed E-state index contributed by atoms with van der Waals surface area (Å²) in [4.78, 5) is 11.8. The maximum Gasteiger partial charge on any atom is 0.276 e. The smallest absolute Gasteiger partial charge is 0.276 e. The highest BCUT2D eigenvalue weighted by Gasteiger charge is 2.09. The van der Waals surface area contributed by atoms with Crippen LogP contribution < -0.4 is 10.1 Å². The lowest BCUT2D eigenvalue weighted by Crippen LogP contribution is -2.14. The summed E-state index contributed by atoms with van der Waals surface area (Å²) in [6.45, 7) is 1.65. The van der Waals surface area contributed by atoms with Crippen LogP contribution in [0.5, 0.6) is 5.88 Å². The van der Waals surface area contributed by atoms with Gasteiger partial charge < -0.3 is 10.1 Å². The monoisotopic (exact) mass is 261 g/mol. The fraction of sp³-hybridized carbons (Fsp3) is 0.154. The SMILES string of the molecule is COc1ccc(C(=O)Nc2ccc(C)c(F)c2)nn1. The molecule has 1 amide bonds. The highest BCUT2D eigenvalue weighted by Crippen LogP contribution is 2.14. The Balaban J connectivity index is 2.13. The van der Waals surface area contributed by atoms with Crippen molar-refractivity contribution < 1.29 is 13.9 Å². The summed E-state index contributed by atoms with van der Waals surface area (Å²) < 4.78 is 18.2. The number of carbonyl (C=O) groups excluding carboxylic acids is 1. The minimum absolute atomic E-state index is 0.127. The van der Waals surface area contributed by atoms with E-state index in [-0.39, 0.29) is 11.5 Å². The standard InChI is InChI=1S/C13H12FN3O2/c1-8-3-4-9(7-10(8)14)15-13(18)11-5-6-12(19-2)17-16-11/h3-7H,1-2H3,(H,15,18). The Bertz CT molecular complexity index is 599. The van der Waals surface area contributed by atoms with E-state index in [1.165, 1.54) is 25.3 Å². The van der Waals surface area contributed by atoms with Gasteiger partial charge in [0.25, 0.3) is 5.91 Å². The van der Waals surface area contributed by atoms with E-state index in [0.717, 1.165) is 0 Å². The molecule has 1 heterocycles. The summed E-state index contributed by atoms with van der Waals surface area (Å²) >= 11 is 0. The Hall–Kier alpha value is -2.50. The molecule has 98 valence electrons. The Morgan fingerprint density at radius 2 is 2.05 bits per heavy atom. The van der Waals surface area contributed by atoms with Crippen molar-refractivity contribution in [1.82, 2.24) is 10.2 Å². The van der Waals surface area contributed by atoms with Crippen molar-refractivity contribution in [3.8, 4) is 5.88 Å². The number of carbonyl (C=O) groups is 1. The van der Waals surface area contributed by atoms with Gasteiger partial charge in [0.2, 0.25) is 5.88 Å². The van der Waals surface area contributed by atoms with Gasteiger partial charge in [-0.3, -0.25) is 4.79 Å². The Morgan fingerprint density at radius 3 is 2.63 bits per heavy atom. The quantitative estimate of drug-likeness (QED) is 0.919. The van der Waals surface area contributed by atoms with Gasteiger partial charge in [-0.05, 0) is 30.7 Å². The normalized spacial score (nSPS) is 10.1. The van der Waals surface area contributed by atoms with E-state index in [1.54, 1.807) is 19.1 Å². The van der Waals surface area contributed by atoms with Crippen molar-refractivity contribution in [2.24, 2.45) is 0 Å². The summed E-state index contributed by atoms with van der Waals surface area (Å²) in [6, 6.07) is 7.46. The van der Waals surface area contributed by atoms with Crippen LogP contribution in [0.15, 0.2) is 30.3 Å². The lowest BCUT2D eigenvalue weighted by molar-refractivity contribution is 0.102. The molecule has 1 aromatic carbocycles. The largest absolute Gasteiger partial charge is 0.480 e. The third kappa shape index (κ3) is 3.04. The third-order valence-corrected chi connectivity index (χ3v) is 2.51. The van der Waals surface area contributed by atoms with E-state index in [2.05, 4.69) is 15.5 Å². The van der Waals surface area contributed by atoms with E-state index < -0.39 is 5.91 Å². The number of benzene rings is 1. The zero-order valence-corrected chi connectivity index (χ0v) is 10.5. The van der Waals surface area contributed by atoms with E-state index >= 15 is 0 Å². The van der Waals surface area contributed by atoms with Crippen LogP contribution in [-0.4, -0.2) is 23.2 Å². The number of hydrogen-bond donors (Lipinski definition) is 1. The van der Waals surface area contributed by atoms with Gasteiger partial charge in [-0.1, -0.05) is 6.07 Å². The molecule has 6 heteroatoms. The van der Waals surface area contributed by atoms with Crippen molar-refractivity contribution in [1.29, 1.82) is 0 Å². The van der Waals surface area contributed by atoms with Gasteiger partial charge in [0, 0.05) is 11.8 Å². The van der Waals surface area contributed by atoms with E-state index in [1.807, 2.05) is 0 Å². The van der Waals surface area contributed by atoms with E-state index in [4.69, 9.17) is 4.74 Å². The number of anilines is 1. The highest BCUT2D eigenvalue weighted by atomic mass is 19.1. The number of nitrogens with one attached hydrogen (secondary N) is 1. The summed E-state index contributed by atoms with van der Waals surface area (Å²) in [7, 11) is 1.46. The van der Waals surface area contributed by atoms with Crippen LogP contribution in [0.3, 0.4) is 0 Å². The van der Waals surface area contributed by atoms with Gasteiger partial charge in [0.05, 0.1) is 7.11 Å². The first-order valence-electron chi connectivity index (χ1n) is 5.55. The molecule has 0 bridgehead atoms. The first-order chi connectivity index (χ1) is 9.10. The number of nitrogens with zero attached hydrogens (tertiary/aromatic N) is 2. The summed E-state index contributed by atoms with van der Waals surface area (Å²) in [6.07, 6.45) is 0. The van der Waals surface area contributed by atoms with Crippen LogP contribution >= 0.6 is 0 Å². The molecule has 0 fully saturated rings. The topological polar surface area (TPSA) is 64.1 Å². The molecule has 1 aromatic heterocycles. The van der Waals surface area contributed by atoms with Crippen LogP contribution in [0.1, 0.15) is 16.1 Å². The van der Waals surface area contributed by atoms with Crippen molar-refractivity contribution in [2.45, 2.75) is 6.92 Å². The van der Waals surface area contributed by atoms with Crippen molar-refractivity contribution in [2.75, 3.05) is 12.4 Å². The summed E-state index contributed by atoms with van der Waals surface area (Å²) in [5.41, 5.74) is 1.01. The molecule has 0 atom stereocenters. The Kier molecular flexibility index (Phi) is 3.70. The maximum atomic E-state index is 13.3. The van der Waals surface area contributed by atoms with Gasteiger partial charge in [0.15, 0.2) is 5.69 Å². The van der Waals surface area contributed by atoms with Crippen LogP contribution in [0.2, 0.25) is 0 Å². The molecule has 0 aliphatic heterocycles. The number of hydrogen-bond acceptors (Lipinski definition) is 4. The molecule has 0 unspecified atom stereocenters. The zero-order valence-electron chi connectivity index (χ0n) is 10.5. The summed E-state index contributed by atoms with van der Waals surface area (Å²) in [5, 5.41) is 9.93. The molecule has 5 nitrogen and oxygen atoms in total. The highest BCUT2D eigenvalue weighted by molar-refractivity contribution is 6.02. The molecule has 19 heavy (non-hydrogen) atoms. The molecule has 0 saturated heterocycles. The number of ether oxygens (including phenoxy) is 1. The van der Waals surface area contributed by atoms with Crippen molar-refractivity contribution in [3.63, 3.8) is 0 Å². The van der Waals surface area contributed by atoms with Gasteiger partial charge >= 0.3 is 0 Å². The molecule has 1 N–H and O–H groups in total. The molecule has 0 spiro atoms. The van der Waals surface area contributed by atoms with E-state index in [0.29, 0.717) is 17.1 Å². The lowest BCUT2D eigenvalue weighted by atomic mass is 10.2. The number of halogens is 1. The number of amides is 1. The third-order valence-electron chi connectivity index (χ3n) is 2.51. The van der Waals surface area contributed by atoms with Gasteiger partial charge in [-0.15, -0.1) is 10.2 Å². The Morgan fingerprint density at radius 1 is 1.26 bits per heavy atom. The second kappa shape index (κ2) is 5.43.